The third-order valence-corrected chi connectivity index (χ3v) is 4.56. The van der Waals surface area contributed by atoms with Crippen LogP contribution in [0.5, 0.6) is 0 Å². The van der Waals surface area contributed by atoms with Crippen molar-refractivity contribution >= 4 is 5.91 Å². The molecule has 4 N–H and O–H groups in total. The highest BCUT2D eigenvalue weighted by atomic mass is 16.5. The molecule has 0 heterocycles. The summed E-state index contributed by atoms with van der Waals surface area (Å²) in [5.74, 6) is 0.135. The zero-order chi connectivity index (χ0) is 20.3. The van der Waals surface area contributed by atoms with E-state index in [1.54, 1.807) is 0 Å². The standard InChI is InChI=1S/C22H40N4O2/c1-23-13-6-3-5-12-22(27)26-18-21-11-9-10-20(16-21)17-25-19-28-15-8-4-7-14-24-2/h9-11,16,23-25H,3-8,12-15,17-19H2,1-2H3,(H,26,27). The van der Waals surface area contributed by atoms with Crippen molar-refractivity contribution < 1.29 is 9.53 Å². The first-order valence-corrected chi connectivity index (χ1v) is 10.7. The SMILES string of the molecule is CNCCCCCOCNCc1cccc(CNC(=O)CCCCCNC)c1. The highest BCUT2D eigenvalue weighted by molar-refractivity contribution is 5.75. The molecule has 0 aromatic heterocycles. The first kappa shape index (κ1) is 24.6. The van der Waals surface area contributed by atoms with E-state index < -0.39 is 0 Å². The summed E-state index contributed by atoms with van der Waals surface area (Å²) in [6.07, 6.45) is 7.28. The number of carbonyl (C=O) groups is 1. The minimum Gasteiger partial charge on any atom is -0.366 e. The normalized spacial score (nSPS) is 10.9. The minimum absolute atomic E-state index is 0.135. The Balaban J connectivity index is 2.10. The monoisotopic (exact) mass is 392 g/mol. The molecule has 0 fully saturated rings. The van der Waals surface area contributed by atoms with Gasteiger partial charge in [0.1, 0.15) is 0 Å². The zero-order valence-electron chi connectivity index (χ0n) is 17.8. The third kappa shape index (κ3) is 13.7. The highest BCUT2D eigenvalue weighted by Crippen LogP contribution is 2.06. The fraction of sp³-hybridized carbons (Fsp3) is 0.682. The fourth-order valence-electron chi connectivity index (χ4n) is 2.93. The summed E-state index contributed by atoms with van der Waals surface area (Å²) in [7, 11) is 3.94. The Morgan fingerprint density at radius 2 is 1.57 bits per heavy atom. The van der Waals surface area contributed by atoms with Gasteiger partial charge in [0.15, 0.2) is 0 Å². The number of rotatable bonds is 18. The van der Waals surface area contributed by atoms with Crippen molar-refractivity contribution in [3.63, 3.8) is 0 Å². The predicted octanol–water partition coefficient (Wildman–Crippen LogP) is 2.54. The van der Waals surface area contributed by atoms with Gasteiger partial charge in [-0.3, -0.25) is 10.1 Å². The van der Waals surface area contributed by atoms with Crippen LogP contribution in [0.1, 0.15) is 56.1 Å². The Bertz CT molecular complexity index is 511. The van der Waals surface area contributed by atoms with E-state index >= 15 is 0 Å². The van der Waals surface area contributed by atoms with Crippen molar-refractivity contribution in [1.82, 2.24) is 21.3 Å². The summed E-state index contributed by atoms with van der Waals surface area (Å²) in [5, 5.41) is 12.6. The summed E-state index contributed by atoms with van der Waals surface area (Å²) in [6.45, 7) is 4.83. The molecule has 0 bridgehead atoms. The van der Waals surface area contributed by atoms with Crippen LogP contribution in [0.2, 0.25) is 0 Å². The first-order chi connectivity index (χ1) is 13.8. The predicted molar refractivity (Wildman–Crippen MR) is 116 cm³/mol. The molecule has 0 saturated carbocycles. The Kier molecular flexibility index (Phi) is 15.5. The van der Waals surface area contributed by atoms with E-state index in [-0.39, 0.29) is 5.91 Å². The molecule has 1 amide bonds. The Hall–Kier alpha value is -1.47. The topological polar surface area (TPSA) is 74.4 Å². The molecule has 0 aliphatic carbocycles. The number of unbranched alkanes of at least 4 members (excludes halogenated alkanes) is 4. The van der Waals surface area contributed by atoms with Crippen LogP contribution < -0.4 is 21.3 Å². The van der Waals surface area contributed by atoms with Crippen LogP contribution in [0, 0.1) is 0 Å². The van der Waals surface area contributed by atoms with Crippen molar-refractivity contribution in [2.45, 2.75) is 58.0 Å². The van der Waals surface area contributed by atoms with Crippen molar-refractivity contribution in [1.29, 1.82) is 0 Å². The summed E-state index contributed by atoms with van der Waals surface area (Å²) >= 11 is 0. The average Bonchev–Trinajstić information content (AvgIpc) is 2.71. The number of benzene rings is 1. The molecule has 0 unspecified atom stereocenters. The van der Waals surface area contributed by atoms with Crippen LogP contribution in [0.25, 0.3) is 0 Å². The van der Waals surface area contributed by atoms with Gasteiger partial charge in [-0.05, 0) is 70.4 Å². The van der Waals surface area contributed by atoms with Gasteiger partial charge >= 0.3 is 0 Å². The summed E-state index contributed by atoms with van der Waals surface area (Å²) < 4.78 is 5.61. The van der Waals surface area contributed by atoms with Gasteiger partial charge in [-0.25, -0.2) is 0 Å². The lowest BCUT2D eigenvalue weighted by molar-refractivity contribution is -0.121. The number of hydrogen-bond acceptors (Lipinski definition) is 5. The molecule has 0 atom stereocenters. The van der Waals surface area contributed by atoms with Gasteiger partial charge in [0.25, 0.3) is 0 Å². The average molecular weight is 393 g/mol. The van der Waals surface area contributed by atoms with Crippen molar-refractivity contribution in [2.24, 2.45) is 0 Å². The molecule has 6 nitrogen and oxygen atoms in total. The van der Waals surface area contributed by atoms with E-state index in [1.165, 1.54) is 18.4 Å². The van der Waals surface area contributed by atoms with E-state index in [9.17, 15) is 4.79 Å². The van der Waals surface area contributed by atoms with E-state index in [0.29, 0.717) is 19.7 Å². The largest absolute Gasteiger partial charge is 0.366 e. The maximum absolute atomic E-state index is 11.9. The van der Waals surface area contributed by atoms with E-state index in [2.05, 4.69) is 39.5 Å². The number of hydrogen-bond donors (Lipinski definition) is 4. The molecule has 1 rings (SSSR count). The minimum atomic E-state index is 0.135. The van der Waals surface area contributed by atoms with Gasteiger partial charge in [0, 0.05) is 26.1 Å². The van der Waals surface area contributed by atoms with Gasteiger partial charge in [-0.15, -0.1) is 0 Å². The molecule has 1 aromatic rings. The van der Waals surface area contributed by atoms with Crippen LogP contribution in [-0.2, 0) is 22.6 Å². The Morgan fingerprint density at radius 3 is 2.29 bits per heavy atom. The summed E-state index contributed by atoms with van der Waals surface area (Å²) in [5.41, 5.74) is 2.34. The number of ether oxygens (including phenoxy) is 1. The van der Waals surface area contributed by atoms with Crippen molar-refractivity contribution in [3.05, 3.63) is 35.4 Å². The van der Waals surface area contributed by atoms with E-state index in [1.807, 2.05) is 20.2 Å². The molecule has 0 aliphatic rings. The molecular weight excluding hydrogens is 352 g/mol. The lowest BCUT2D eigenvalue weighted by Gasteiger charge is -2.09. The van der Waals surface area contributed by atoms with Crippen LogP contribution in [0.15, 0.2) is 24.3 Å². The second kappa shape index (κ2) is 17.6. The molecule has 160 valence electrons. The maximum Gasteiger partial charge on any atom is 0.220 e. The van der Waals surface area contributed by atoms with Crippen LogP contribution >= 0.6 is 0 Å². The third-order valence-electron chi connectivity index (χ3n) is 4.56. The molecule has 1 aromatic carbocycles. The first-order valence-electron chi connectivity index (χ1n) is 10.7. The van der Waals surface area contributed by atoms with E-state index in [4.69, 9.17) is 4.74 Å². The van der Waals surface area contributed by atoms with Gasteiger partial charge in [0.05, 0.1) is 6.73 Å². The second-order valence-corrected chi connectivity index (χ2v) is 7.15. The van der Waals surface area contributed by atoms with Gasteiger partial charge < -0.3 is 20.7 Å². The Morgan fingerprint density at radius 1 is 0.893 bits per heavy atom. The quantitative estimate of drug-likeness (QED) is 0.228. The number of amides is 1. The van der Waals surface area contributed by atoms with E-state index in [0.717, 1.165) is 57.5 Å². The van der Waals surface area contributed by atoms with Gasteiger partial charge in [-0.1, -0.05) is 30.7 Å². The number of carbonyl (C=O) groups excluding carboxylic acids is 1. The van der Waals surface area contributed by atoms with Crippen LogP contribution in [-0.4, -0.2) is 46.4 Å². The summed E-state index contributed by atoms with van der Waals surface area (Å²) in [6, 6.07) is 8.33. The maximum atomic E-state index is 11.9. The van der Waals surface area contributed by atoms with Crippen LogP contribution in [0.3, 0.4) is 0 Å². The lowest BCUT2D eigenvalue weighted by atomic mass is 10.1. The molecule has 28 heavy (non-hydrogen) atoms. The molecular formula is C22H40N4O2. The van der Waals surface area contributed by atoms with Crippen molar-refractivity contribution in [3.8, 4) is 0 Å². The molecule has 0 radical (unpaired) electrons. The number of nitrogens with one attached hydrogen (secondary N) is 4. The smallest absolute Gasteiger partial charge is 0.220 e. The Labute approximate surface area is 171 Å². The molecule has 6 heteroatoms. The van der Waals surface area contributed by atoms with Gasteiger partial charge in [0.2, 0.25) is 5.91 Å². The second-order valence-electron chi connectivity index (χ2n) is 7.15. The summed E-state index contributed by atoms with van der Waals surface area (Å²) in [4.78, 5) is 11.9. The molecule has 0 spiro atoms. The van der Waals surface area contributed by atoms with Gasteiger partial charge in [-0.2, -0.15) is 0 Å². The molecule has 0 aliphatic heterocycles. The zero-order valence-corrected chi connectivity index (χ0v) is 17.8. The van der Waals surface area contributed by atoms with Crippen LogP contribution in [0.4, 0.5) is 0 Å². The highest BCUT2D eigenvalue weighted by Gasteiger charge is 2.02. The fourth-order valence-corrected chi connectivity index (χ4v) is 2.93. The lowest BCUT2D eigenvalue weighted by Crippen LogP contribution is -2.22. The van der Waals surface area contributed by atoms with Crippen molar-refractivity contribution in [2.75, 3.05) is 40.5 Å². The molecule has 0 saturated heterocycles.